The molecule has 0 bridgehead atoms. The molecule has 1 saturated heterocycles. The van der Waals surface area contributed by atoms with Gasteiger partial charge in [0.05, 0.1) is 0 Å². The van der Waals surface area contributed by atoms with Gasteiger partial charge in [-0.15, -0.1) is 0 Å². The molecule has 0 aliphatic carbocycles. The zero-order valence-electron chi connectivity index (χ0n) is 14.8. The van der Waals surface area contributed by atoms with E-state index in [0.29, 0.717) is 24.5 Å². The zero-order valence-corrected chi connectivity index (χ0v) is 14.8. The van der Waals surface area contributed by atoms with E-state index in [-0.39, 0.29) is 5.92 Å². The maximum Gasteiger partial charge on any atom is 0.222 e. The zero-order chi connectivity index (χ0) is 16.4. The predicted octanol–water partition coefficient (Wildman–Crippen LogP) is 3.11. The third-order valence-corrected chi connectivity index (χ3v) is 4.90. The van der Waals surface area contributed by atoms with Crippen LogP contribution in [0.1, 0.15) is 65.7 Å². The molecule has 1 unspecified atom stereocenters. The number of unbranched alkanes of at least 4 members (excludes halogenated alkanes) is 3. The normalized spacial score (nSPS) is 17.5. The van der Waals surface area contributed by atoms with Gasteiger partial charge in [-0.2, -0.15) is 0 Å². The van der Waals surface area contributed by atoms with Crippen LogP contribution in [0.5, 0.6) is 0 Å². The van der Waals surface area contributed by atoms with Crippen LogP contribution in [0, 0.1) is 5.92 Å². The van der Waals surface area contributed by atoms with Gasteiger partial charge in [-0.05, 0) is 25.8 Å². The number of hydrogen-bond donors (Lipinski definition) is 0. The van der Waals surface area contributed by atoms with Crippen molar-refractivity contribution < 1.29 is 9.59 Å². The number of Topliss-reactive ketones (excluding diaryl/α,β-unsaturated/α-hetero) is 1. The van der Waals surface area contributed by atoms with Crippen LogP contribution in [0.15, 0.2) is 0 Å². The van der Waals surface area contributed by atoms with Gasteiger partial charge in [-0.1, -0.05) is 33.6 Å². The summed E-state index contributed by atoms with van der Waals surface area (Å²) < 4.78 is 0. The molecule has 1 atom stereocenters. The summed E-state index contributed by atoms with van der Waals surface area (Å²) >= 11 is 0. The minimum atomic E-state index is 0.211. The molecule has 0 radical (unpaired) electrons. The molecular formula is C18H34N2O2. The Labute approximate surface area is 136 Å². The first-order valence-electron chi connectivity index (χ1n) is 9.11. The van der Waals surface area contributed by atoms with Gasteiger partial charge in [0, 0.05) is 44.9 Å². The van der Waals surface area contributed by atoms with E-state index in [4.69, 9.17) is 0 Å². The van der Waals surface area contributed by atoms with Crippen molar-refractivity contribution in [2.24, 2.45) is 5.92 Å². The third-order valence-electron chi connectivity index (χ3n) is 4.90. The van der Waals surface area contributed by atoms with Crippen molar-refractivity contribution in [3.63, 3.8) is 0 Å². The van der Waals surface area contributed by atoms with Crippen molar-refractivity contribution in [1.29, 1.82) is 0 Å². The van der Waals surface area contributed by atoms with Gasteiger partial charge in [-0.3, -0.25) is 9.59 Å². The summed E-state index contributed by atoms with van der Waals surface area (Å²) in [7, 11) is 0. The summed E-state index contributed by atoms with van der Waals surface area (Å²) in [5.41, 5.74) is 0. The van der Waals surface area contributed by atoms with E-state index < -0.39 is 0 Å². The summed E-state index contributed by atoms with van der Waals surface area (Å²) in [4.78, 5) is 28.2. The fraction of sp³-hybridized carbons (Fsp3) is 0.889. The van der Waals surface area contributed by atoms with Crippen molar-refractivity contribution in [3.05, 3.63) is 0 Å². The molecule has 1 aliphatic rings. The Balaban J connectivity index is 2.03. The number of carbonyl (C=O) groups is 2. The highest BCUT2D eigenvalue weighted by molar-refractivity contribution is 5.80. The van der Waals surface area contributed by atoms with Gasteiger partial charge < -0.3 is 9.80 Å². The maximum atomic E-state index is 12.1. The fourth-order valence-corrected chi connectivity index (χ4v) is 2.87. The van der Waals surface area contributed by atoms with E-state index in [1.165, 1.54) is 0 Å². The van der Waals surface area contributed by atoms with E-state index in [0.717, 1.165) is 64.8 Å². The number of nitrogens with zero attached hydrogens (tertiary/aromatic N) is 2. The van der Waals surface area contributed by atoms with Crippen LogP contribution in [-0.4, -0.2) is 54.2 Å². The van der Waals surface area contributed by atoms with Gasteiger partial charge in [-0.25, -0.2) is 0 Å². The Hall–Kier alpha value is -0.900. The van der Waals surface area contributed by atoms with Gasteiger partial charge in [0.25, 0.3) is 0 Å². The van der Waals surface area contributed by atoms with E-state index in [2.05, 4.69) is 18.7 Å². The van der Waals surface area contributed by atoms with Crippen molar-refractivity contribution in [1.82, 2.24) is 9.80 Å². The van der Waals surface area contributed by atoms with E-state index in [1.807, 2.05) is 11.8 Å². The fourth-order valence-electron chi connectivity index (χ4n) is 2.87. The number of ketones is 1. The molecule has 1 fully saturated rings. The van der Waals surface area contributed by atoms with E-state index >= 15 is 0 Å². The van der Waals surface area contributed by atoms with E-state index in [1.54, 1.807) is 0 Å². The monoisotopic (exact) mass is 310 g/mol. The molecule has 0 aromatic rings. The van der Waals surface area contributed by atoms with Gasteiger partial charge >= 0.3 is 0 Å². The molecule has 128 valence electrons. The van der Waals surface area contributed by atoms with Gasteiger partial charge in [0.15, 0.2) is 0 Å². The average molecular weight is 310 g/mol. The summed E-state index contributed by atoms with van der Waals surface area (Å²) in [5, 5.41) is 0. The van der Waals surface area contributed by atoms with Crippen LogP contribution in [-0.2, 0) is 9.59 Å². The molecule has 1 rings (SSSR count). The van der Waals surface area contributed by atoms with Crippen LogP contribution in [0.25, 0.3) is 0 Å². The first-order chi connectivity index (χ1) is 10.6. The molecular weight excluding hydrogens is 276 g/mol. The number of likely N-dealkylation sites (N-methyl/N-ethyl adjacent to an activating group) is 1. The Morgan fingerprint density at radius 3 is 2.05 bits per heavy atom. The van der Waals surface area contributed by atoms with Crippen molar-refractivity contribution in [2.75, 3.05) is 32.7 Å². The second-order valence-corrected chi connectivity index (χ2v) is 6.50. The summed E-state index contributed by atoms with van der Waals surface area (Å²) in [5.74, 6) is 0.919. The standard InChI is InChI=1S/C18H34N2O2/c1-4-16(3)17(21)10-8-6-7-9-11-18(22)20-14-12-19(5-2)13-15-20/h16H,4-15H2,1-3H3. The van der Waals surface area contributed by atoms with Crippen LogP contribution >= 0.6 is 0 Å². The number of carbonyl (C=O) groups excluding carboxylic acids is 2. The topological polar surface area (TPSA) is 40.6 Å². The molecule has 22 heavy (non-hydrogen) atoms. The lowest BCUT2D eigenvalue weighted by molar-refractivity contribution is -0.133. The summed E-state index contributed by atoms with van der Waals surface area (Å²) in [6, 6.07) is 0. The quantitative estimate of drug-likeness (QED) is 0.582. The number of amides is 1. The molecule has 0 aromatic heterocycles. The molecule has 4 heteroatoms. The molecule has 4 nitrogen and oxygen atoms in total. The van der Waals surface area contributed by atoms with Crippen LogP contribution in [0.2, 0.25) is 0 Å². The molecule has 0 saturated carbocycles. The first-order valence-corrected chi connectivity index (χ1v) is 9.11. The Morgan fingerprint density at radius 1 is 0.909 bits per heavy atom. The van der Waals surface area contributed by atoms with Crippen molar-refractivity contribution >= 4 is 11.7 Å². The molecule has 0 spiro atoms. The lowest BCUT2D eigenvalue weighted by Crippen LogP contribution is -2.48. The first kappa shape index (κ1) is 19.1. The summed E-state index contributed by atoms with van der Waals surface area (Å²) in [6.45, 7) is 11.1. The minimum absolute atomic E-state index is 0.211. The molecule has 1 amide bonds. The Kier molecular flexibility index (Phi) is 9.37. The molecule has 0 aromatic carbocycles. The van der Waals surface area contributed by atoms with Crippen LogP contribution < -0.4 is 0 Å². The smallest absolute Gasteiger partial charge is 0.222 e. The number of rotatable bonds is 10. The highest BCUT2D eigenvalue weighted by Gasteiger charge is 2.19. The van der Waals surface area contributed by atoms with Gasteiger partial charge in [0.1, 0.15) is 5.78 Å². The minimum Gasteiger partial charge on any atom is -0.340 e. The largest absolute Gasteiger partial charge is 0.340 e. The van der Waals surface area contributed by atoms with Crippen LogP contribution in [0.3, 0.4) is 0 Å². The lowest BCUT2D eigenvalue weighted by atomic mass is 9.98. The Bertz CT molecular complexity index is 336. The van der Waals surface area contributed by atoms with Crippen molar-refractivity contribution in [3.8, 4) is 0 Å². The van der Waals surface area contributed by atoms with Crippen LogP contribution in [0.4, 0.5) is 0 Å². The number of hydrogen-bond acceptors (Lipinski definition) is 3. The summed E-state index contributed by atoms with van der Waals surface area (Å²) in [6.07, 6.45) is 6.40. The second kappa shape index (κ2) is 10.8. The lowest BCUT2D eigenvalue weighted by Gasteiger charge is -2.34. The third kappa shape index (κ3) is 6.91. The predicted molar refractivity (Wildman–Crippen MR) is 90.9 cm³/mol. The highest BCUT2D eigenvalue weighted by atomic mass is 16.2. The SMILES string of the molecule is CCC(C)C(=O)CCCCCCC(=O)N1CCN(CC)CC1. The van der Waals surface area contributed by atoms with Gasteiger partial charge in [0.2, 0.25) is 5.91 Å². The second-order valence-electron chi connectivity index (χ2n) is 6.50. The highest BCUT2D eigenvalue weighted by Crippen LogP contribution is 2.12. The maximum absolute atomic E-state index is 12.1. The number of piperazine rings is 1. The van der Waals surface area contributed by atoms with E-state index in [9.17, 15) is 9.59 Å². The Morgan fingerprint density at radius 2 is 1.50 bits per heavy atom. The molecule has 0 N–H and O–H groups in total. The molecule has 1 heterocycles. The molecule has 1 aliphatic heterocycles. The average Bonchev–Trinajstić information content (AvgIpc) is 2.56. The van der Waals surface area contributed by atoms with Crippen molar-refractivity contribution in [2.45, 2.75) is 65.7 Å².